The van der Waals surface area contributed by atoms with Crippen LogP contribution in [-0.2, 0) is 19.9 Å². The van der Waals surface area contributed by atoms with Gasteiger partial charge in [0.2, 0.25) is 10.0 Å². The maximum absolute atomic E-state index is 13.8. The first-order chi connectivity index (χ1) is 9.49. The van der Waals surface area contributed by atoms with E-state index >= 15 is 0 Å². The van der Waals surface area contributed by atoms with Crippen LogP contribution in [0.25, 0.3) is 0 Å². The van der Waals surface area contributed by atoms with E-state index in [0.717, 1.165) is 24.5 Å². The monoisotopic (exact) mass is 449 g/mol. The minimum atomic E-state index is -4.12. The van der Waals surface area contributed by atoms with Crippen molar-refractivity contribution < 1.29 is 21.2 Å². The summed E-state index contributed by atoms with van der Waals surface area (Å²) >= 11 is 2.04. The van der Waals surface area contributed by atoms with E-state index in [4.69, 9.17) is 0 Å². The lowest BCUT2D eigenvalue weighted by molar-refractivity contribution is 0.482. The number of hydrogen-bond acceptors (Lipinski definition) is 4. The van der Waals surface area contributed by atoms with Gasteiger partial charge >= 0.3 is 0 Å². The molecule has 5 nitrogen and oxygen atoms in total. The molecule has 0 aliphatic rings. The molecule has 120 valence electrons. The summed E-state index contributed by atoms with van der Waals surface area (Å²) in [6.07, 6.45) is 0.936. The number of benzene rings is 1. The largest absolute Gasteiger partial charge is 0.243 e. The van der Waals surface area contributed by atoms with Gasteiger partial charge in [0.15, 0.2) is 9.84 Å². The molecule has 0 bridgehead atoms. The molecule has 0 heterocycles. The first-order valence-corrected chi connectivity index (χ1v) is 11.0. The summed E-state index contributed by atoms with van der Waals surface area (Å²) < 4.78 is 64.2. The molecule has 21 heavy (non-hydrogen) atoms. The van der Waals surface area contributed by atoms with Gasteiger partial charge in [-0.15, -0.1) is 0 Å². The van der Waals surface area contributed by atoms with Gasteiger partial charge in [0.1, 0.15) is 10.7 Å². The molecule has 1 N–H and O–H groups in total. The van der Waals surface area contributed by atoms with Crippen LogP contribution < -0.4 is 4.72 Å². The van der Waals surface area contributed by atoms with Crippen LogP contribution in [0.4, 0.5) is 4.39 Å². The van der Waals surface area contributed by atoms with Gasteiger partial charge in [-0.2, -0.15) is 0 Å². The second-order valence-corrected chi connectivity index (χ2v) is 9.57. The van der Waals surface area contributed by atoms with Gasteiger partial charge in [-0.05, 0) is 24.1 Å². The fraction of sp³-hybridized carbons (Fsp3) is 0.500. The summed E-state index contributed by atoms with van der Waals surface area (Å²) in [6, 6.07) is 2.37. The molecular formula is C12H17FINO4S2. The molecule has 9 heteroatoms. The molecule has 1 aromatic carbocycles. The van der Waals surface area contributed by atoms with Crippen molar-refractivity contribution in [2.45, 2.75) is 29.7 Å². The van der Waals surface area contributed by atoms with E-state index in [0.29, 0.717) is 4.43 Å². The molecule has 0 amide bonds. The summed E-state index contributed by atoms with van der Waals surface area (Å²) in [5, 5.41) is 0. The fourth-order valence-corrected chi connectivity index (χ4v) is 5.27. The molecule has 1 aromatic rings. The minimum Gasteiger partial charge on any atom is -0.224 e. The quantitative estimate of drug-likeness (QED) is 0.409. The van der Waals surface area contributed by atoms with Gasteiger partial charge < -0.3 is 0 Å². The van der Waals surface area contributed by atoms with Crippen molar-refractivity contribution >= 4 is 42.5 Å². The van der Waals surface area contributed by atoms with E-state index in [2.05, 4.69) is 4.72 Å². The Balaban J connectivity index is 3.31. The lowest BCUT2D eigenvalue weighted by Crippen LogP contribution is -2.40. The van der Waals surface area contributed by atoms with Crippen LogP contribution in [-0.4, -0.2) is 33.6 Å². The van der Waals surface area contributed by atoms with Crippen molar-refractivity contribution in [3.05, 3.63) is 24.0 Å². The standard InChI is InChI=1S/C12H17FINO4S2/c1-8(2)11(7-14)15-21(18,19)12-6-9(20(3,16)17)4-5-10(12)13/h4-6,8,11,15H,7H2,1-3H3. The second-order valence-electron chi connectivity index (χ2n) is 4.99. The highest BCUT2D eigenvalue weighted by Gasteiger charge is 2.26. The lowest BCUT2D eigenvalue weighted by atomic mass is 10.1. The summed E-state index contributed by atoms with van der Waals surface area (Å²) in [5.41, 5.74) is 0. The molecule has 1 rings (SSSR count). The van der Waals surface area contributed by atoms with E-state index in [9.17, 15) is 21.2 Å². The smallest absolute Gasteiger partial charge is 0.224 e. The lowest BCUT2D eigenvalue weighted by Gasteiger charge is -2.20. The van der Waals surface area contributed by atoms with Crippen molar-refractivity contribution in [3.63, 3.8) is 0 Å². The highest BCUT2D eigenvalue weighted by atomic mass is 127. The molecular weight excluding hydrogens is 432 g/mol. The molecule has 0 aliphatic carbocycles. The second kappa shape index (κ2) is 6.88. The van der Waals surface area contributed by atoms with Gasteiger partial charge in [-0.1, -0.05) is 36.4 Å². The van der Waals surface area contributed by atoms with Gasteiger partial charge in [0.25, 0.3) is 0 Å². The number of nitrogens with one attached hydrogen (secondary N) is 1. The maximum Gasteiger partial charge on any atom is 0.243 e. The zero-order valence-electron chi connectivity index (χ0n) is 11.8. The highest BCUT2D eigenvalue weighted by Crippen LogP contribution is 2.20. The van der Waals surface area contributed by atoms with Crippen molar-refractivity contribution in [2.24, 2.45) is 5.92 Å². The van der Waals surface area contributed by atoms with E-state index in [-0.39, 0.29) is 16.9 Å². The normalized spacial score (nSPS) is 14.4. The molecule has 0 aromatic heterocycles. The third kappa shape index (κ3) is 4.86. The van der Waals surface area contributed by atoms with E-state index in [1.807, 2.05) is 36.4 Å². The molecule has 0 aliphatic heterocycles. The Morgan fingerprint density at radius 2 is 1.81 bits per heavy atom. The number of sulfone groups is 1. The zero-order chi connectivity index (χ0) is 16.4. The Labute approximate surface area is 138 Å². The van der Waals surface area contributed by atoms with Crippen LogP contribution in [0.5, 0.6) is 0 Å². The minimum absolute atomic E-state index is 0.0258. The predicted octanol–water partition coefficient (Wildman–Crippen LogP) is 1.97. The molecule has 1 atom stereocenters. The number of rotatable bonds is 6. The first kappa shape index (κ1) is 18.8. The Hall–Kier alpha value is -0.260. The zero-order valence-corrected chi connectivity index (χ0v) is 15.6. The van der Waals surface area contributed by atoms with E-state index in [1.165, 1.54) is 0 Å². The molecule has 0 saturated heterocycles. The molecule has 0 saturated carbocycles. The predicted molar refractivity (Wildman–Crippen MR) is 87.3 cm³/mol. The topological polar surface area (TPSA) is 80.3 Å². The van der Waals surface area contributed by atoms with Crippen LogP contribution in [0.2, 0.25) is 0 Å². The average Bonchev–Trinajstić information content (AvgIpc) is 2.34. The molecule has 0 radical (unpaired) electrons. The van der Waals surface area contributed by atoms with Crippen molar-refractivity contribution in [1.29, 1.82) is 0 Å². The molecule has 1 unspecified atom stereocenters. The van der Waals surface area contributed by atoms with E-state index in [1.54, 1.807) is 0 Å². The number of sulfonamides is 1. The van der Waals surface area contributed by atoms with Gasteiger partial charge in [-0.3, -0.25) is 0 Å². The third-order valence-corrected chi connectivity index (χ3v) is 6.46. The summed E-state index contributed by atoms with van der Waals surface area (Å²) in [7, 11) is -7.74. The van der Waals surface area contributed by atoms with Gasteiger partial charge in [0, 0.05) is 16.7 Å². The highest BCUT2D eigenvalue weighted by molar-refractivity contribution is 14.1. The number of alkyl halides is 1. The molecule has 0 spiro atoms. The SMILES string of the molecule is CC(C)C(CI)NS(=O)(=O)c1cc(S(C)(=O)=O)ccc1F. The maximum atomic E-state index is 13.8. The van der Waals surface area contributed by atoms with Crippen LogP contribution in [0.3, 0.4) is 0 Å². The summed E-state index contributed by atoms with van der Waals surface area (Å²) in [4.78, 5) is -0.888. The Morgan fingerprint density at radius 1 is 1.24 bits per heavy atom. The Bertz CT molecular complexity index is 717. The van der Waals surface area contributed by atoms with Crippen LogP contribution >= 0.6 is 22.6 Å². The van der Waals surface area contributed by atoms with Crippen LogP contribution in [0.15, 0.2) is 28.0 Å². The summed E-state index contributed by atoms with van der Waals surface area (Å²) in [5.74, 6) is -0.955. The summed E-state index contributed by atoms with van der Waals surface area (Å²) in [6.45, 7) is 3.68. The first-order valence-electron chi connectivity index (χ1n) is 6.07. The Kier molecular flexibility index (Phi) is 6.16. The fourth-order valence-electron chi connectivity index (χ4n) is 1.53. The van der Waals surface area contributed by atoms with E-state index < -0.39 is 30.6 Å². The molecule has 0 fully saturated rings. The Morgan fingerprint density at radius 3 is 2.24 bits per heavy atom. The van der Waals surface area contributed by atoms with Crippen LogP contribution in [0, 0.1) is 11.7 Å². The third-order valence-electron chi connectivity index (χ3n) is 2.90. The van der Waals surface area contributed by atoms with Crippen molar-refractivity contribution in [3.8, 4) is 0 Å². The average molecular weight is 449 g/mol. The van der Waals surface area contributed by atoms with Gasteiger partial charge in [0.05, 0.1) is 4.90 Å². The van der Waals surface area contributed by atoms with Crippen LogP contribution in [0.1, 0.15) is 13.8 Å². The number of halogens is 2. The van der Waals surface area contributed by atoms with Crippen molar-refractivity contribution in [1.82, 2.24) is 4.72 Å². The number of hydrogen-bond donors (Lipinski definition) is 1. The van der Waals surface area contributed by atoms with Crippen molar-refractivity contribution in [2.75, 3.05) is 10.7 Å². The van der Waals surface area contributed by atoms with Gasteiger partial charge in [-0.25, -0.2) is 25.9 Å².